The van der Waals surface area contributed by atoms with Crippen LogP contribution in [0.5, 0.6) is 5.75 Å². The van der Waals surface area contributed by atoms with Crippen molar-refractivity contribution in [2.75, 3.05) is 19.0 Å². The van der Waals surface area contributed by atoms with Gasteiger partial charge >= 0.3 is 0 Å². The number of nitrogens with zero attached hydrogens (tertiary/aromatic N) is 2. The molecule has 4 heteroatoms. The van der Waals surface area contributed by atoms with Gasteiger partial charge in [0.1, 0.15) is 5.75 Å². The SMILES string of the molecule is COc1ccc(CCNc2nncc3ccccc23)cc1. The molecule has 3 aromatic rings. The fourth-order valence-corrected chi connectivity index (χ4v) is 2.28. The Morgan fingerprint density at radius 2 is 1.86 bits per heavy atom. The summed E-state index contributed by atoms with van der Waals surface area (Å²) >= 11 is 0. The van der Waals surface area contributed by atoms with Crippen molar-refractivity contribution in [3.8, 4) is 5.75 Å². The smallest absolute Gasteiger partial charge is 0.156 e. The Hall–Kier alpha value is -2.62. The first-order valence-electron chi connectivity index (χ1n) is 6.94. The van der Waals surface area contributed by atoms with E-state index in [9.17, 15) is 0 Å². The summed E-state index contributed by atoms with van der Waals surface area (Å²) in [5, 5.41) is 13.8. The summed E-state index contributed by atoms with van der Waals surface area (Å²) in [6.07, 6.45) is 2.71. The summed E-state index contributed by atoms with van der Waals surface area (Å²) in [6.45, 7) is 0.815. The van der Waals surface area contributed by atoms with Crippen LogP contribution in [0.25, 0.3) is 10.8 Å². The van der Waals surface area contributed by atoms with Crippen molar-refractivity contribution in [1.29, 1.82) is 0 Å². The number of rotatable bonds is 5. The molecule has 0 aliphatic carbocycles. The maximum atomic E-state index is 5.16. The number of nitrogens with one attached hydrogen (secondary N) is 1. The predicted octanol–water partition coefficient (Wildman–Crippen LogP) is 3.29. The fraction of sp³-hybridized carbons (Fsp3) is 0.176. The van der Waals surface area contributed by atoms with E-state index in [1.807, 2.05) is 30.3 Å². The van der Waals surface area contributed by atoms with Crippen molar-refractivity contribution in [2.45, 2.75) is 6.42 Å². The van der Waals surface area contributed by atoms with E-state index in [0.717, 1.165) is 35.3 Å². The van der Waals surface area contributed by atoms with Crippen molar-refractivity contribution >= 4 is 16.6 Å². The van der Waals surface area contributed by atoms with Crippen LogP contribution in [0.2, 0.25) is 0 Å². The molecule has 0 aliphatic heterocycles. The lowest BCUT2D eigenvalue weighted by molar-refractivity contribution is 0.414. The molecule has 0 saturated carbocycles. The van der Waals surface area contributed by atoms with Gasteiger partial charge in [0.2, 0.25) is 0 Å². The van der Waals surface area contributed by atoms with Gasteiger partial charge in [0.05, 0.1) is 13.3 Å². The van der Waals surface area contributed by atoms with Crippen LogP contribution in [-0.4, -0.2) is 23.9 Å². The van der Waals surface area contributed by atoms with E-state index in [1.165, 1.54) is 5.56 Å². The first-order chi connectivity index (χ1) is 10.4. The molecule has 106 valence electrons. The molecule has 2 aromatic carbocycles. The molecular formula is C17H17N3O. The maximum Gasteiger partial charge on any atom is 0.156 e. The highest BCUT2D eigenvalue weighted by Gasteiger charge is 2.02. The summed E-state index contributed by atoms with van der Waals surface area (Å²) in [4.78, 5) is 0. The van der Waals surface area contributed by atoms with Crippen LogP contribution in [0.4, 0.5) is 5.82 Å². The molecule has 0 bridgehead atoms. The van der Waals surface area contributed by atoms with Gasteiger partial charge in [0.15, 0.2) is 5.82 Å². The molecular weight excluding hydrogens is 262 g/mol. The van der Waals surface area contributed by atoms with Gasteiger partial charge in [-0.05, 0) is 24.1 Å². The van der Waals surface area contributed by atoms with Crippen LogP contribution >= 0.6 is 0 Å². The highest BCUT2D eigenvalue weighted by molar-refractivity contribution is 5.90. The van der Waals surface area contributed by atoms with Crippen LogP contribution in [0.1, 0.15) is 5.56 Å². The van der Waals surface area contributed by atoms with Crippen LogP contribution in [0, 0.1) is 0 Å². The zero-order chi connectivity index (χ0) is 14.5. The van der Waals surface area contributed by atoms with Gasteiger partial charge in [-0.3, -0.25) is 0 Å². The van der Waals surface area contributed by atoms with Crippen LogP contribution in [0.3, 0.4) is 0 Å². The van der Waals surface area contributed by atoms with E-state index in [4.69, 9.17) is 4.74 Å². The maximum absolute atomic E-state index is 5.16. The highest BCUT2D eigenvalue weighted by atomic mass is 16.5. The van der Waals surface area contributed by atoms with Gasteiger partial charge in [0, 0.05) is 17.3 Å². The van der Waals surface area contributed by atoms with Crippen molar-refractivity contribution in [1.82, 2.24) is 10.2 Å². The Bertz CT molecular complexity index is 720. The van der Waals surface area contributed by atoms with Crippen LogP contribution < -0.4 is 10.1 Å². The first kappa shape index (κ1) is 13.4. The van der Waals surface area contributed by atoms with Crippen LogP contribution in [0.15, 0.2) is 54.7 Å². The van der Waals surface area contributed by atoms with Crippen molar-refractivity contribution in [3.63, 3.8) is 0 Å². The van der Waals surface area contributed by atoms with E-state index in [1.54, 1.807) is 13.3 Å². The zero-order valence-corrected chi connectivity index (χ0v) is 11.9. The van der Waals surface area contributed by atoms with Crippen molar-refractivity contribution < 1.29 is 4.74 Å². The fourth-order valence-electron chi connectivity index (χ4n) is 2.28. The molecule has 0 atom stereocenters. The minimum Gasteiger partial charge on any atom is -0.497 e. The van der Waals surface area contributed by atoms with E-state index < -0.39 is 0 Å². The monoisotopic (exact) mass is 279 g/mol. The molecule has 21 heavy (non-hydrogen) atoms. The third-order valence-electron chi connectivity index (χ3n) is 3.44. The van der Waals surface area contributed by atoms with Gasteiger partial charge in [-0.25, -0.2) is 0 Å². The molecule has 0 aliphatic rings. The number of fused-ring (bicyclic) bond motifs is 1. The predicted molar refractivity (Wildman–Crippen MR) is 84.7 cm³/mol. The Morgan fingerprint density at radius 3 is 2.67 bits per heavy atom. The third-order valence-corrected chi connectivity index (χ3v) is 3.44. The molecule has 0 unspecified atom stereocenters. The molecule has 1 aromatic heterocycles. The molecule has 1 N–H and O–H groups in total. The number of methoxy groups -OCH3 is 1. The largest absolute Gasteiger partial charge is 0.497 e. The topological polar surface area (TPSA) is 47.0 Å². The van der Waals surface area contributed by atoms with Crippen molar-refractivity contribution in [3.05, 3.63) is 60.3 Å². The molecule has 0 saturated heterocycles. The summed E-state index contributed by atoms with van der Waals surface area (Å²) in [7, 11) is 1.68. The minimum absolute atomic E-state index is 0.815. The average Bonchev–Trinajstić information content (AvgIpc) is 2.56. The number of aromatic nitrogens is 2. The number of hydrogen-bond donors (Lipinski definition) is 1. The molecule has 0 fully saturated rings. The Kier molecular flexibility index (Phi) is 3.96. The number of benzene rings is 2. The van der Waals surface area contributed by atoms with Crippen molar-refractivity contribution in [2.24, 2.45) is 0 Å². The normalized spacial score (nSPS) is 10.5. The average molecular weight is 279 g/mol. The number of anilines is 1. The van der Waals surface area contributed by atoms with E-state index in [-0.39, 0.29) is 0 Å². The minimum atomic E-state index is 0.815. The van der Waals surface area contributed by atoms with E-state index >= 15 is 0 Å². The summed E-state index contributed by atoms with van der Waals surface area (Å²) in [6, 6.07) is 16.2. The standard InChI is InChI=1S/C17H17N3O/c1-21-15-8-6-13(7-9-15)10-11-18-17-16-5-3-2-4-14(16)12-19-20-17/h2-9,12H,10-11H2,1H3,(H,18,20). The second-order valence-corrected chi connectivity index (χ2v) is 4.81. The molecule has 1 heterocycles. The van der Waals surface area contributed by atoms with Gasteiger partial charge in [-0.2, -0.15) is 5.10 Å². The Balaban J connectivity index is 1.66. The second-order valence-electron chi connectivity index (χ2n) is 4.81. The molecule has 0 radical (unpaired) electrons. The van der Waals surface area contributed by atoms with Crippen LogP contribution in [-0.2, 0) is 6.42 Å². The summed E-state index contributed by atoms with van der Waals surface area (Å²) < 4.78 is 5.16. The van der Waals surface area contributed by atoms with Gasteiger partial charge in [-0.1, -0.05) is 36.4 Å². The number of hydrogen-bond acceptors (Lipinski definition) is 4. The summed E-state index contributed by atoms with van der Waals surface area (Å²) in [5.41, 5.74) is 1.26. The second kappa shape index (κ2) is 6.22. The lowest BCUT2D eigenvalue weighted by Gasteiger charge is -2.08. The summed E-state index contributed by atoms with van der Waals surface area (Å²) in [5.74, 6) is 1.72. The lowest BCUT2D eigenvalue weighted by Crippen LogP contribution is -2.07. The zero-order valence-electron chi connectivity index (χ0n) is 11.9. The molecule has 4 nitrogen and oxygen atoms in total. The lowest BCUT2D eigenvalue weighted by atomic mass is 10.1. The highest BCUT2D eigenvalue weighted by Crippen LogP contribution is 2.19. The van der Waals surface area contributed by atoms with E-state index in [2.05, 4.69) is 33.7 Å². The number of ether oxygens (including phenoxy) is 1. The Morgan fingerprint density at radius 1 is 1.05 bits per heavy atom. The molecule has 3 rings (SSSR count). The van der Waals surface area contributed by atoms with Gasteiger partial charge in [-0.15, -0.1) is 5.10 Å². The molecule has 0 amide bonds. The van der Waals surface area contributed by atoms with Gasteiger partial charge in [0.25, 0.3) is 0 Å². The third kappa shape index (κ3) is 3.11. The quantitative estimate of drug-likeness (QED) is 0.778. The molecule has 0 spiro atoms. The van der Waals surface area contributed by atoms with E-state index in [0.29, 0.717) is 0 Å². The van der Waals surface area contributed by atoms with Gasteiger partial charge < -0.3 is 10.1 Å². The Labute approximate surface area is 123 Å². The first-order valence-corrected chi connectivity index (χ1v) is 6.94.